The van der Waals surface area contributed by atoms with Crippen molar-refractivity contribution >= 4 is 46.5 Å². The third kappa shape index (κ3) is 3.23. The number of hydrogen-bond donors (Lipinski definition) is 1. The van der Waals surface area contributed by atoms with E-state index < -0.39 is 6.04 Å². The lowest BCUT2D eigenvalue weighted by atomic mass is 9.85. The fourth-order valence-corrected chi connectivity index (χ4v) is 4.53. The number of aromatic nitrogens is 3. The summed E-state index contributed by atoms with van der Waals surface area (Å²) >= 11 is 18.6. The van der Waals surface area contributed by atoms with Crippen LogP contribution < -0.4 is 5.32 Å². The van der Waals surface area contributed by atoms with E-state index in [0.29, 0.717) is 38.8 Å². The van der Waals surface area contributed by atoms with E-state index in [4.69, 9.17) is 39.9 Å². The number of nitrogens with one attached hydrogen (secondary N) is 1. The molecular formula is C21H15Cl3N4O. The van der Waals surface area contributed by atoms with Crippen LogP contribution in [0.1, 0.15) is 30.9 Å². The zero-order chi connectivity index (χ0) is 20.1. The summed E-state index contributed by atoms with van der Waals surface area (Å²) in [4.78, 5) is 17.5. The van der Waals surface area contributed by atoms with Gasteiger partial charge in [-0.15, -0.1) is 5.10 Å². The molecule has 0 amide bonds. The number of fused-ring (bicyclic) bond motifs is 1. The number of allylic oxidation sites excluding steroid dienone is 2. The molecule has 3 aromatic rings. The fourth-order valence-electron chi connectivity index (χ4n) is 3.89. The van der Waals surface area contributed by atoms with Crippen LogP contribution in [0.4, 0.5) is 5.95 Å². The van der Waals surface area contributed by atoms with E-state index in [1.807, 2.05) is 18.2 Å². The molecular weight excluding hydrogens is 431 g/mol. The second-order valence-corrected chi connectivity index (χ2v) is 8.35. The average Bonchev–Trinajstić information content (AvgIpc) is 3.11. The Hall–Kier alpha value is -2.34. The van der Waals surface area contributed by atoms with Crippen LogP contribution in [-0.4, -0.2) is 20.5 Å². The minimum Gasteiger partial charge on any atom is -0.328 e. The van der Waals surface area contributed by atoms with Crippen LogP contribution >= 0.6 is 34.8 Å². The first-order chi connectivity index (χ1) is 14.0. The number of halogens is 3. The Bertz CT molecular complexity index is 1170. The maximum absolute atomic E-state index is 12.9. The van der Waals surface area contributed by atoms with E-state index >= 15 is 0 Å². The first-order valence-electron chi connectivity index (χ1n) is 9.22. The minimum absolute atomic E-state index is 0.101. The van der Waals surface area contributed by atoms with Crippen molar-refractivity contribution in [3.8, 4) is 11.4 Å². The van der Waals surface area contributed by atoms with Crippen molar-refractivity contribution in [1.82, 2.24) is 14.8 Å². The highest BCUT2D eigenvalue weighted by molar-refractivity contribution is 6.35. The van der Waals surface area contributed by atoms with Gasteiger partial charge >= 0.3 is 0 Å². The third-order valence-corrected chi connectivity index (χ3v) is 6.04. The molecule has 0 spiro atoms. The lowest BCUT2D eigenvalue weighted by Crippen LogP contribution is -2.31. The summed E-state index contributed by atoms with van der Waals surface area (Å²) in [7, 11) is 0. The topological polar surface area (TPSA) is 59.8 Å². The number of carbonyl (C=O) groups is 1. The highest BCUT2D eigenvalue weighted by Gasteiger charge is 2.37. The molecule has 1 atom stereocenters. The molecule has 1 unspecified atom stereocenters. The molecule has 0 saturated heterocycles. The summed E-state index contributed by atoms with van der Waals surface area (Å²) in [6, 6.07) is 12.2. The first-order valence-corrected chi connectivity index (χ1v) is 10.4. The van der Waals surface area contributed by atoms with Gasteiger partial charge in [0.1, 0.15) is 6.04 Å². The van der Waals surface area contributed by atoms with Crippen LogP contribution in [0.25, 0.3) is 11.4 Å². The van der Waals surface area contributed by atoms with E-state index in [2.05, 4.69) is 10.3 Å². The van der Waals surface area contributed by atoms with Gasteiger partial charge in [-0.1, -0.05) is 40.9 Å². The monoisotopic (exact) mass is 444 g/mol. The molecule has 5 rings (SSSR count). The van der Waals surface area contributed by atoms with Gasteiger partial charge in [-0.05, 0) is 49.2 Å². The number of carbonyl (C=O) groups excluding carboxylic acids is 1. The number of rotatable bonds is 2. The Balaban J connectivity index is 1.69. The Kier molecular flexibility index (Phi) is 4.62. The maximum Gasteiger partial charge on any atom is 0.226 e. The molecule has 5 nitrogen and oxygen atoms in total. The Labute approximate surface area is 182 Å². The van der Waals surface area contributed by atoms with Gasteiger partial charge in [0.05, 0.1) is 0 Å². The van der Waals surface area contributed by atoms with E-state index in [1.165, 1.54) is 0 Å². The van der Waals surface area contributed by atoms with E-state index in [0.717, 1.165) is 29.7 Å². The average molecular weight is 446 g/mol. The summed E-state index contributed by atoms with van der Waals surface area (Å²) in [6.45, 7) is 0. The third-order valence-electron chi connectivity index (χ3n) is 5.23. The number of hydrogen-bond acceptors (Lipinski definition) is 4. The summed E-state index contributed by atoms with van der Waals surface area (Å²) in [5.41, 5.74) is 3.19. The Morgan fingerprint density at radius 1 is 1.00 bits per heavy atom. The van der Waals surface area contributed by atoms with Gasteiger partial charge < -0.3 is 5.32 Å². The fraction of sp³-hybridized carbons (Fsp3) is 0.190. The summed E-state index contributed by atoms with van der Waals surface area (Å²) in [5, 5.41) is 9.71. The smallest absolute Gasteiger partial charge is 0.226 e. The molecule has 29 heavy (non-hydrogen) atoms. The predicted octanol–water partition coefficient (Wildman–Crippen LogP) is 5.93. The lowest BCUT2D eigenvalue weighted by molar-refractivity contribution is -0.116. The predicted molar refractivity (Wildman–Crippen MR) is 115 cm³/mol. The number of nitrogens with zero attached hydrogens (tertiary/aromatic N) is 3. The van der Waals surface area contributed by atoms with E-state index in [9.17, 15) is 4.79 Å². The van der Waals surface area contributed by atoms with Gasteiger partial charge in [0, 0.05) is 43.9 Å². The summed E-state index contributed by atoms with van der Waals surface area (Å²) in [5.74, 6) is 1.23. The van der Waals surface area contributed by atoms with Gasteiger partial charge in [0.25, 0.3) is 0 Å². The lowest BCUT2D eigenvalue weighted by Gasteiger charge is -2.32. The quantitative estimate of drug-likeness (QED) is 0.531. The van der Waals surface area contributed by atoms with Crippen LogP contribution in [0, 0.1) is 0 Å². The van der Waals surface area contributed by atoms with Crippen molar-refractivity contribution < 1.29 is 4.79 Å². The molecule has 1 aliphatic carbocycles. The van der Waals surface area contributed by atoms with Crippen LogP contribution in [-0.2, 0) is 4.79 Å². The molecule has 0 saturated carbocycles. The van der Waals surface area contributed by atoms with Crippen LogP contribution in [0.5, 0.6) is 0 Å². The number of Topliss-reactive ketones (excluding diaryl/α,β-unsaturated/α-hetero) is 1. The molecule has 1 N–H and O–H groups in total. The molecule has 146 valence electrons. The number of benzene rings is 2. The second kappa shape index (κ2) is 7.17. The van der Waals surface area contributed by atoms with Crippen molar-refractivity contribution in [2.75, 3.05) is 5.32 Å². The maximum atomic E-state index is 12.9. The molecule has 2 heterocycles. The molecule has 2 aliphatic rings. The normalized spacial score (nSPS) is 18.3. The highest BCUT2D eigenvalue weighted by atomic mass is 35.5. The van der Waals surface area contributed by atoms with Crippen LogP contribution in [0.2, 0.25) is 15.1 Å². The van der Waals surface area contributed by atoms with Crippen molar-refractivity contribution in [3.63, 3.8) is 0 Å². The van der Waals surface area contributed by atoms with Crippen LogP contribution in [0.15, 0.2) is 53.7 Å². The van der Waals surface area contributed by atoms with Gasteiger partial charge in [0.2, 0.25) is 5.95 Å². The number of ketones is 1. The van der Waals surface area contributed by atoms with E-state index in [-0.39, 0.29) is 5.78 Å². The van der Waals surface area contributed by atoms with Crippen molar-refractivity contribution in [2.24, 2.45) is 0 Å². The zero-order valence-electron chi connectivity index (χ0n) is 15.1. The molecule has 0 bridgehead atoms. The van der Waals surface area contributed by atoms with Crippen molar-refractivity contribution in [3.05, 3.63) is 74.4 Å². The molecule has 0 radical (unpaired) electrons. The highest BCUT2D eigenvalue weighted by Crippen LogP contribution is 2.43. The summed E-state index contributed by atoms with van der Waals surface area (Å²) < 4.78 is 1.74. The largest absolute Gasteiger partial charge is 0.328 e. The molecule has 2 aromatic carbocycles. The first kappa shape index (κ1) is 18.7. The van der Waals surface area contributed by atoms with Crippen molar-refractivity contribution in [1.29, 1.82) is 0 Å². The zero-order valence-corrected chi connectivity index (χ0v) is 17.4. The standard InChI is InChI=1S/C21H15Cl3N4O/c22-12-6-4-11(5-7-12)20-26-21-25-16-2-1-3-17(29)18(16)19(28(21)27-20)14-9-8-13(23)10-15(14)24/h4-10,19H,1-3H2,(H,25,26,27). The second-order valence-electron chi connectivity index (χ2n) is 7.07. The van der Waals surface area contributed by atoms with Gasteiger partial charge in [-0.3, -0.25) is 4.79 Å². The van der Waals surface area contributed by atoms with Gasteiger partial charge in [0.15, 0.2) is 11.6 Å². The van der Waals surface area contributed by atoms with E-state index in [1.54, 1.807) is 28.9 Å². The number of anilines is 1. The minimum atomic E-state index is -0.452. The SMILES string of the molecule is O=C1CCCC2=C1C(c1ccc(Cl)cc1Cl)n1nc(-c3ccc(Cl)cc3)nc1N2. The molecule has 0 fully saturated rings. The molecule has 1 aliphatic heterocycles. The van der Waals surface area contributed by atoms with Crippen LogP contribution in [0.3, 0.4) is 0 Å². The van der Waals surface area contributed by atoms with Gasteiger partial charge in [-0.2, -0.15) is 4.98 Å². The Morgan fingerprint density at radius 2 is 1.76 bits per heavy atom. The summed E-state index contributed by atoms with van der Waals surface area (Å²) in [6.07, 6.45) is 2.10. The molecule has 1 aromatic heterocycles. The Morgan fingerprint density at radius 3 is 2.52 bits per heavy atom. The molecule has 8 heteroatoms. The van der Waals surface area contributed by atoms with Gasteiger partial charge in [-0.25, -0.2) is 4.68 Å². The van der Waals surface area contributed by atoms with Crippen molar-refractivity contribution in [2.45, 2.75) is 25.3 Å².